The Morgan fingerprint density at radius 1 is 1.11 bits per heavy atom. The monoisotopic (exact) mass is 482 g/mol. The van der Waals surface area contributed by atoms with Gasteiger partial charge in [-0.25, -0.2) is 9.97 Å². The first kappa shape index (κ1) is 23.7. The Kier molecular flexibility index (Phi) is 6.77. The van der Waals surface area contributed by atoms with Gasteiger partial charge in [0.15, 0.2) is 0 Å². The maximum atomic E-state index is 12.7. The van der Waals surface area contributed by atoms with Crippen LogP contribution in [0.2, 0.25) is 0 Å². The summed E-state index contributed by atoms with van der Waals surface area (Å²) in [6.45, 7) is 2.08. The van der Waals surface area contributed by atoms with Crippen molar-refractivity contribution in [2.75, 3.05) is 39.5 Å². The van der Waals surface area contributed by atoms with Gasteiger partial charge >= 0.3 is 0 Å². The van der Waals surface area contributed by atoms with Crippen LogP contribution in [0.3, 0.4) is 0 Å². The lowest BCUT2D eigenvalue weighted by molar-refractivity contribution is -0.125. The number of likely N-dealkylation sites (tertiary alicyclic amines) is 1. The van der Waals surface area contributed by atoms with E-state index in [1.54, 1.807) is 6.08 Å². The molecule has 2 aliphatic heterocycles. The van der Waals surface area contributed by atoms with E-state index in [2.05, 4.69) is 9.97 Å². The number of carbonyl (C=O) groups excluding carboxylic acids is 1. The number of nitrogens with two attached hydrogens (primary N) is 1. The highest BCUT2D eigenvalue weighted by molar-refractivity contribution is 6.17. The summed E-state index contributed by atoms with van der Waals surface area (Å²) in [6.07, 6.45) is 5.93. The molecule has 2 aromatic carbocycles. The molecule has 0 radical (unpaired) electrons. The molecule has 0 aliphatic carbocycles. The van der Waals surface area contributed by atoms with Crippen LogP contribution in [-0.2, 0) is 4.79 Å². The average molecular weight is 483 g/mol. The van der Waals surface area contributed by atoms with E-state index < -0.39 is 0 Å². The smallest absolute Gasteiger partial charge is 0.246 e. The highest BCUT2D eigenvalue weighted by Gasteiger charge is 2.39. The molecular formula is C28H30N6O2. The van der Waals surface area contributed by atoms with Crippen LogP contribution in [0.5, 0.6) is 11.5 Å². The molecule has 0 spiro atoms. The predicted octanol–water partition coefficient (Wildman–Crippen LogP) is 3.71. The van der Waals surface area contributed by atoms with Gasteiger partial charge in [0.1, 0.15) is 23.6 Å². The van der Waals surface area contributed by atoms with Crippen LogP contribution in [0, 0.1) is 5.92 Å². The molecule has 1 fully saturated rings. The summed E-state index contributed by atoms with van der Waals surface area (Å²) in [5.41, 5.74) is 9.65. The maximum Gasteiger partial charge on any atom is 0.246 e. The molecule has 3 heterocycles. The first-order valence-electron chi connectivity index (χ1n) is 12.1. The molecule has 0 bridgehead atoms. The number of hydrogen-bond acceptors (Lipinski definition) is 7. The summed E-state index contributed by atoms with van der Waals surface area (Å²) in [4.78, 5) is 30.5. The molecule has 36 heavy (non-hydrogen) atoms. The number of likely N-dealkylation sites (N-methyl/N-ethyl adjacent to an activating group) is 1. The number of hydrogen-bond donors (Lipinski definition) is 1. The lowest BCUT2D eigenvalue weighted by atomic mass is 9.95. The van der Waals surface area contributed by atoms with E-state index in [-0.39, 0.29) is 17.9 Å². The van der Waals surface area contributed by atoms with Crippen molar-refractivity contribution < 1.29 is 9.53 Å². The van der Waals surface area contributed by atoms with E-state index in [0.717, 1.165) is 47.0 Å². The van der Waals surface area contributed by atoms with E-state index in [4.69, 9.17) is 15.5 Å². The number of amides is 1. The number of benzene rings is 2. The van der Waals surface area contributed by atoms with Gasteiger partial charge in [-0.15, -0.1) is 0 Å². The van der Waals surface area contributed by atoms with Gasteiger partial charge in [-0.1, -0.05) is 24.3 Å². The Labute approximate surface area is 211 Å². The third-order valence-electron chi connectivity index (χ3n) is 6.51. The largest absolute Gasteiger partial charge is 0.457 e. The van der Waals surface area contributed by atoms with Gasteiger partial charge in [-0.05, 0) is 56.9 Å². The summed E-state index contributed by atoms with van der Waals surface area (Å²) in [7, 11) is 3.95. The molecule has 1 saturated heterocycles. The zero-order valence-electron chi connectivity index (χ0n) is 20.5. The molecular weight excluding hydrogens is 452 g/mol. The quantitative estimate of drug-likeness (QED) is 0.516. The van der Waals surface area contributed by atoms with Crippen LogP contribution in [0.25, 0.3) is 0 Å². The summed E-state index contributed by atoms with van der Waals surface area (Å²) < 4.78 is 5.93. The van der Waals surface area contributed by atoms with Crippen molar-refractivity contribution >= 4 is 17.4 Å². The van der Waals surface area contributed by atoms with Crippen molar-refractivity contribution in [3.05, 3.63) is 89.9 Å². The fourth-order valence-corrected chi connectivity index (χ4v) is 4.71. The number of carbonyl (C=O) groups is 1. The molecule has 2 N–H and O–H groups in total. The van der Waals surface area contributed by atoms with Gasteiger partial charge in [0.25, 0.3) is 0 Å². The standard InChI is InChI=1S/C28H30N6O2/c1-33(2)15-6-9-23(35)34-16-14-20(17-34)26-27-24(28(29)31-18-30-27)25(32-26)19-10-12-22(13-11-19)36-21-7-4-3-5-8-21/h3-13,18,20,26H,14-17H2,1-2H3,(H2,29,30,31)/b9-6+. The Bertz CT molecular complexity index is 1290. The Morgan fingerprint density at radius 2 is 1.86 bits per heavy atom. The summed E-state index contributed by atoms with van der Waals surface area (Å²) in [5.74, 6) is 2.15. The second-order valence-electron chi connectivity index (χ2n) is 9.38. The SMILES string of the molecule is CN(C)C/C=C/C(=O)N1CCC(C2N=C(c3ccc(Oc4ccccc4)cc3)c3c(N)ncnc32)C1. The molecule has 0 saturated carbocycles. The third-order valence-corrected chi connectivity index (χ3v) is 6.51. The number of aromatic nitrogens is 2. The lowest BCUT2D eigenvalue weighted by Crippen LogP contribution is -2.28. The predicted molar refractivity (Wildman–Crippen MR) is 140 cm³/mol. The van der Waals surface area contributed by atoms with E-state index in [1.807, 2.05) is 84.6 Å². The van der Waals surface area contributed by atoms with Crippen molar-refractivity contribution in [2.45, 2.75) is 12.5 Å². The van der Waals surface area contributed by atoms with Crippen LogP contribution in [0.1, 0.15) is 29.3 Å². The molecule has 1 amide bonds. The number of para-hydroxylation sites is 1. The van der Waals surface area contributed by atoms with Crippen molar-refractivity contribution in [1.82, 2.24) is 19.8 Å². The first-order valence-corrected chi connectivity index (χ1v) is 12.1. The minimum Gasteiger partial charge on any atom is -0.457 e. The molecule has 3 aromatic rings. The molecule has 2 unspecified atom stereocenters. The van der Waals surface area contributed by atoms with Crippen molar-refractivity contribution in [1.29, 1.82) is 0 Å². The average Bonchev–Trinajstić information content (AvgIpc) is 3.51. The number of nitrogen functional groups attached to an aromatic ring is 1. The summed E-state index contributed by atoms with van der Waals surface area (Å²) in [5, 5.41) is 0. The Balaban J connectivity index is 1.36. The molecule has 1 aromatic heterocycles. The van der Waals surface area contributed by atoms with Crippen LogP contribution >= 0.6 is 0 Å². The van der Waals surface area contributed by atoms with Gasteiger partial charge in [-0.3, -0.25) is 9.79 Å². The number of rotatable bonds is 7. The van der Waals surface area contributed by atoms with E-state index in [1.165, 1.54) is 6.33 Å². The van der Waals surface area contributed by atoms with Gasteiger partial charge in [0.2, 0.25) is 5.91 Å². The maximum absolute atomic E-state index is 12.7. The zero-order valence-corrected chi connectivity index (χ0v) is 20.5. The minimum atomic E-state index is -0.163. The fraction of sp³-hybridized carbons (Fsp3) is 0.286. The van der Waals surface area contributed by atoms with Crippen LogP contribution in [-0.4, -0.2) is 65.1 Å². The van der Waals surface area contributed by atoms with Crippen molar-refractivity contribution in [2.24, 2.45) is 10.9 Å². The van der Waals surface area contributed by atoms with Gasteiger partial charge < -0.3 is 20.3 Å². The number of ether oxygens (including phenoxy) is 1. The van der Waals surface area contributed by atoms with Crippen LogP contribution in [0.15, 0.2) is 78.1 Å². The second kappa shape index (κ2) is 10.3. The van der Waals surface area contributed by atoms with Crippen molar-refractivity contribution in [3.8, 4) is 11.5 Å². The number of aliphatic imine (C=N–C) groups is 1. The van der Waals surface area contributed by atoms with E-state index >= 15 is 0 Å². The number of anilines is 1. The van der Waals surface area contributed by atoms with Gasteiger partial charge in [0.05, 0.1) is 23.0 Å². The first-order chi connectivity index (χ1) is 17.5. The Hall–Kier alpha value is -4.04. The minimum absolute atomic E-state index is 0.0398. The normalized spacial score (nSPS) is 19.1. The molecule has 8 nitrogen and oxygen atoms in total. The lowest BCUT2D eigenvalue weighted by Gasteiger charge is -2.18. The van der Waals surface area contributed by atoms with Crippen LogP contribution < -0.4 is 10.5 Å². The zero-order chi connectivity index (χ0) is 25.1. The summed E-state index contributed by atoms with van der Waals surface area (Å²) >= 11 is 0. The summed E-state index contributed by atoms with van der Waals surface area (Å²) in [6, 6.07) is 17.3. The molecule has 2 aliphatic rings. The number of fused-ring (bicyclic) bond motifs is 1. The van der Waals surface area contributed by atoms with Gasteiger partial charge in [-0.2, -0.15) is 0 Å². The second-order valence-corrected chi connectivity index (χ2v) is 9.38. The van der Waals surface area contributed by atoms with Crippen molar-refractivity contribution in [3.63, 3.8) is 0 Å². The number of nitrogens with zero attached hydrogens (tertiary/aromatic N) is 5. The molecule has 184 valence electrons. The van der Waals surface area contributed by atoms with Crippen LogP contribution in [0.4, 0.5) is 5.82 Å². The third kappa shape index (κ3) is 4.99. The molecule has 5 rings (SSSR count). The topological polar surface area (TPSA) is 96.9 Å². The van der Waals surface area contributed by atoms with E-state index in [9.17, 15) is 4.79 Å². The fourth-order valence-electron chi connectivity index (χ4n) is 4.71. The van der Waals surface area contributed by atoms with Gasteiger partial charge in [0, 0.05) is 37.2 Å². The highest BCUT2D eigenvalue weighted by atomic mass is 16.5. The molecule has 8 heteroatoms. The molecule has 2 atom stereocenters. The Morgan fingerprint density at radius 3 is 2.61 bits per heavy atom. The highest BCUT2D eigenvalue weighted by Crippen LogP contribution is 2.41. The van der Waals surface area contributed by atoms with E-state index in [0.29, 0.717) is 18.9 Å².